The highest BCUT2D eigenvalue weighted by molar-refractivity contribution is 9.10. The molecule has 8 heteroatoms. The average molecular weight is 355 g/mol. The van der Waals surface area contributed by atoms with Gasteiger partial charge in [-0.25, -0.2) is 12.8 Å². The predicted molar refractivity (Wildman–Crippen MR) is 74.6 cm³/mol. The molecular formula is C11H16BrFN2O3S. The van der Waals surface area contributed by atoms with Gasteiger partial charge in [0.05, 0.1) is 16.8 Å². The van der Waals surface area contributed by atoms with Crippen LogP contribution in [0.25, 0.3) is 0 Å². The van der Waals surface area contributed by atoms with Gasteiger partial charge in [-0.2, -0.15) is 4.31 Å². The lowest BCUT2D eigenvalue weighted by molar-refractivity contribution is 0.253. The molecule has 0 bridgehead atoms. The maximum atomic E-state index is 13.3. The van der Waals surface area contributed by atoms with Crippen LogP contribution in [0.1, 0.15) is 13.3 Å². The molecule has 0 aromatic heterocycles. The van der Waals surface area contributed by atoms with E-state index in [1.807, 2.05) is 6.92 Å². The summed E-state index contributed by atoms with van der Waals surface area (Å²) in [7, 11) is -3.84. The van der Waals surface area contributed by atoms with Gasteiger partial charge in [-0.1, -0.05) is 6.92 Å². The van der Waals surface area contributed by atoms with Gasteiger partial charge in [0.15, 0.2) is 0 Å². The maximum absolute atomic E-state index is 13.3. The summed E-state index contributed by atoms with van der Waals surface area (Å²) in [6, 6.07) is 2.10. The number of nitrogens with two attached hydrogens (primary N) is 1. The summed E-state index contributed by atoms with van der Waals surface area (Å²) >= 11 is 2.94. The molecule has 0 aliphatic rings. The number of hydrogen-bond acceptors (Lipinski definition) is 4. The van der Waals surface area contributed by atoms with E-state index in [1.165, 1.54) is 0 Å². The fraction of sp³-hybridized carbons (Fsp3) is 0.455. The first-order valence-electron chi connectivity index (χ1n) is 5.70. The number of sulfonamides is 1. The van der Waals surface area contributed by atoms with Crippen LogP contribution < -0.4 is 5.73 Å². The second-order valence-corrected chi connectivity index (χ2v) is 6.69. The van der Waals surface area contributed by atoms with Crippen LogP contribution in [0.4, 0.5) is 10.1 Å². The lowest BCUT2D eigenvalue weighted by Crippen LogP contribution is -2.34. The van der Waals surface area contributed by atoms with Gasteiger partial charge in [0.1, 0.15) is 10.7 Å². The molecule has 0 aliphatic heterocycles. The molecule has 0 saturated carbocycles. The Hall–Kier alpha value is -0.700. The number of aliphatic hydroxyl groups excluding tert-OH is 1. The molecule has 1 rings (SSSR count). The van der Waals surface area contributed by atoms with Gasteiger partial charge in [-0.15, -0.1) is 0 Å². The van der Waals surface area contributed by atoms with Gasteiger partial charge < -0.3 is 10.8 Å². The van der Waals surface area contributed by atoms with Crippen molar-refractivity contribution in [3.63, 3.8) is 0 Å². The van der Waals surface area contributed by atoms with Crippen molar-refractivity contribution in [2.75, 3.05) is 25.4 Å². The number of nitrogens with zero attached hydrogens (tertiary/aromatic N) is 1. The normalized spacial score (nSPS) is 12.1. The third-order valence-corrected chi connectivity index (χ3v) is 5.06. The Bertz CT molecular complexity index is 545. The van der Waals surface area contributed by atoms with Crippen LogP contribution in [0.15, 0.2) is 21.5 Å². The molecule has 5 nitrogen and oxygen atoms in total. The van der Waals surface area contributed by atoms with E-state index < -0.39 is 15.8 Å². The molecule has 0 heterocycles. The van der Waals surface area contributed by atoms with Crippen molar-refractivity contribution in [3.05, 3.63) is 22.4 Å². The quantitative estimate of drug-likeness (QED) is 0.759. The number of hydrogen-bond donors (Lipinski definition) is 2. The van der Waals surface area contributed by atoms with Gasteiger partial charge in [0, 0.05) is 13.1 Å². The van der Waals surface area contributed by atoms with Crippen LogP contribution in [0, 0.1) is 5.82 Å². The third kappa shape index (κ3) is 3.65. The number of aliphatic hydroxyl groups is 1. The van der Waals surface area contributed by atoms with Crippen LogP contribution >= 0.6 is 15.9 Å². The monoisotopic (exact) mass is 354 g/mol. The zero-order valence-corrected chi connectivity index (χ0v) is 12.8. The van der Waals surface area contributed by atoms with Crippen molar-refractivity contribution in [3.8, 4) is 0 Å². The lowest BCUT2D eigenvalue weighted by Gasteiger charge is -2.21. The summed E-state index contributed by atoms with van der Waals surface area (Å²) in [5.41, 5.74) is 5.42. The minimum atomic E-state index is -3.84. The largest absolute Gasteiger partial charge is 0.398 e. The molecule has 0 atom stereocenters. The molecule has 19 heavy (non-hydrogen) atoms. The van der Waals surface area contributed by atoms with E-state index in [2.05, 4.69) is 15.9 Å². The molecule has 0 spiro atoms. The van der Waals surface area contributed by atoms with E-state index in [9.17, 15) is 12.8 Å². The van der Waals surface area contributed by atoms with Gasteiger partial charge >= 0.3 is 0 Å². The van der Waals surface area contributed by atoms with E-state index in [0.717, 1.165) is 16.4 Å². The van der Waals surface area contributed by atoms with E-state index in [-0.39, 0.29) is 34.8 Å². The van der Waals surface area contributed by atoms with Gasteiger partial charge in [0.2, 0.25) is 10.0 Å². The minimum absolute atomic E-state index is 0.0232. The van der Waals surface area contributed by atoms with Crippen molar-refractivity contribution in [1.29, 1.82) is 0 Å². The molecule has 0 unspecified atom stereocenters. The number of halogens is 2. The van der Waals surface area contributed by atoms with Crippen LogP contribution in [-0.2, 0) is 10.0 Å². The number of anilines is 1. The van der Waals surface area contributed by atoms with Crippen LogP contribution in [-0.4, -0.2) is 37.5 Å². The van der Waals surface area contributed by atoms with Crippen molar-refractivity contribution in [2.45, 2.75) is 18.2 Å². The minimum Gasteiger partial charge on any atom is -0.398 e. The molecule has 108 valence electrons. The predicted octanol–water partition coefficient (Wildman–Crippen LogP) is 1.56. The highest BCUT2D eigenvalue weighted by Gasteiger charge is 2.26. The Balaban J connectivity index is 3.28. The number of benzene rings is 1. The first-order chi connectivity index (χ1) is 8.84. The zero-order valence-electron chi connectivity index (χ0n) is 10.4. The molecule has 1 aromatic rings. The Labute approximate surface area is 120 Å². The maximum Gasteiger partial charge on any atom is 0.245 e. The number of nitrogen functional groups attached to an aromatic ring is 1. The van der Waals surface area contributed by atoms with Crippen molar-refractivity contribution in [1.82, 2.24) is 4.31 Å². The summed E-state index contributed by atoms with van der Waals surface area (Å²) in [4.78, 5) is -0.164. The molecule has 0 saturated heterocycles. The summed E-state index contributed by atoms with van der Waals surface area (Å²) in [6.07, 6.45) is 0.599. The molecule has 0 fully saturated rings. The lowest BCUT2D eigenvalue weighted by atomic mass is 10.3. The van der Waals surface area contributed by atoms with E-state index in [1.54, 1.807) is 0 Å². The van der Waals surface area contributed by atoms with Crippen LogP contribution in [0.2, 0.25) is 0 Å². The highest BCUT2D eigenvalue weighted by atomic mass is 79.9. The summed E-state index contributed by atoms with van der Waals surface area (Å²) in [5.74, 6) is -0.624. The van der Waals surface area contributed by atoms with Crippen LogP contribution in [0.3, 0.4) is 0 Å². The Morgan fingerprint density at radius 3 is 2.58 bits per heavy atom. The first kappa shape index (κ1) is 16.4. The van der Waals surface area contributed by atoms with Gasteiger partial charge in [-0.3, -0.25) is 0 Å². The average Bonchev–Trinajstić information content (AvgIpc) is 2.33. The van der Waals surface area contributed by atoms with Crippen LogP contribution in [0.5, 0.6) is 0 Å². The Kier molecular flexibility index (Phi) is 5.72. The first-order valence-corrected chi connectivity index (χ1v) is 7.93. The Morgan fingerprint density at radius 1 is 1.42 bits per heavy atom. The van der Waals surface area contributed by atoms with Gasteiger partial charge in [-0.05, 0) is 34.5 Å². The summed E-state index contributed by atoms with van der Waals surface area (Å²) in [6.45, 7) is 1.77. The molecule has 0 aliphatic carbocycles. The second kappa shape index (κ2) is 6.65. The van der Waals surface area contributed by atoms with Crippen molar-refractivity contribution >= 4 is 31.6 Å². The topological polar surface area (TPSA) is 83.6 Å². The van der Waals surface area contributed by atoms with Crippen molar-refractivity contribution < 1.29 is 17.9 Å². The summed E-state index contributed by atoms with van der Waals surface area (Å²) < 4.78 is 39.2. The van der Waals surface area contributed by atoms with E-state index >= 15 is 0 Å². The standard InChI is InChI=1S/C11H16BrFN2O3S/c1-2-3-15(4-5-16)19(17,18)11-6-8(12)9(13)7-10(11)14/h6-7,16H,2-5,14H2,1H3. The summed E-state index contributed by atoms with van der Waals surface area (Å²) in [5, 5.41) is 8.93. The SMILES string of the molecule is CCCN(CCO)S(=O)(=O)c1cc(Br)c(F)cc1N. The molecule has 3 N–H and O–H groups in total. The van der Waals surface area contributed by atoms with E-state index in [4.69, 9.17) is 10.8 Å². The second-order valence-electron chi connectivity index (χ2n) is 3.93. The number of rotatable bonds is 6. The molecular weight excluding hydrogens is 339 g/mol. The van der Waals surface area contributed by atoms with E-state index in [0.29, 0.717) is 6.42 Å². The van der Waals surface area contributed by atoms with Crippen molar-refractivity contribution in [2.24, 2.45) is 0 Å². The fourth-order valence-electron chi connectivity index (χ4n) is 1.62. The molecule has 0 radical (unpaired) electrons. The van der Waals surface area contributed by atoms with Gasteiger partial charge in [0.25, 0.3) is 0 Å². The Morgan fingerprint density at radius 2 is 2.05 bits per heavy atom. The zero-order chi connectivity index (χ0) is 14.6. The molecule has 1 aromatic carbocycles. The fourth-order valence-corrected chi connectivity index (χ4v) is 3.76. The highest BCUT2D eigenvalue weighted by Crippen LogP contribution is 2.28. The smallest absolute Gasteiger partial charge is 0.245 e. The molecule has 0 amide bonds. The third-order valence-electron chi connectivity index (χ3n) is 2.49.